The van der Waals surface area contributed by atoms with Crippen molar-refractivity contribution in [1.82, 2.24) is 0 Å². The molecule has 2 atom stereocenters. The largest absolute Gasteiger partial charge is 0.481 e. The fourth-order valence-corrected chi connectivity index (χ4v) is 2.91. The van der Waals surface area contributed by atoms with Gasteiger partial charge in [-0.15, -0.1) is 0 Å². The second-order valence-corrected chi connectivity index (χ2v) is 5.48. The molecule has 20 heavy (non-hydrogen) atoms. The smallest absolute Gasteiger partial charge is 0.306 e. The highest BCUT2D eigenvalue weighted by Gasteiger charge is 2.32. The number of halogens is 1. The van der Waals surface area contributed by atoms with Crippen LogP contribution in [0.5, 0.6) is 0 Å². The van der Waals surface area contributed by atoms with Gasteiger partial charge < -0.3 is 16.2 Å². The molecular formula is C14H17ClN2O3. The summed E-state index contributed by atoms with van der Waals surface area (Å²) in [6.07, 6.45) is 2.58. The Morgan fingerprint density at radius 3 is 2.75 bits per heavy atom. The summed E-state index contributed by atoms with van der Waals surface area (Å²) in [6, 6.07) is 4.79. The average molecular weight is 297 g/mol. The third kappa shape index (κ3) is 3.22. The molecule has 1 amide bonds. The zero-order chi connectivity index (χ0) is 14.7. The molecule has 0 radical (unpaired) electrons. The fourth-order valence-electron chi connectivity index (χ4n) is 2.66. The number of carboxylic acid groups (broad SMARTS) is 1. The Hall–Kier alpha value is -1.75. The zero-order valence-corrected chi connectivity index (χ0v) is 11.7. The highest BCUT2D eigenvalue weighted by atomic mass is 35.5. The molecule has 0 heterocycles. The molecule has 1 aromatic rings. The van der Waals surface area contributed by atoms with Crippen molar-refractivity contribution in [3.8, 4) is 0 Å². The number of nitrogens with one attached hydrogen (secondary N) is 1. The lowest BCUT2D eigenvalue weighted by molar-refractivity contribution is -0.142. The highest BCUT2D eigenvalue weighted by molar-refractivity contribution is 6.33. The zero-order valence-electron chi connectivity index (χ0n) is 10.9. The van der Waals surface area contributed by atoms with Crippen molar-refractivity contribution >= 4 is 29.2 Å². The van der Waals surface area contributed by atoms with Crippen LogP contribution in [0.2, 0.25) is 5.02 Å². The van der Waals surface area contributed by atoms with E-state index in [0.29, 0.717) is 22.8 Å². The maximum atomic E-state index is 11.1. The Labute approximate surface area is 122 Å². The van der Waals surface area contributed by atoms with Crippen LogP contribution in [-0.4, -0.2) is 23.5 Å². The molecule has 4 N–H and O–H groups in total. The van der Waals surface area contributed by atoms with Gasteiger partial charge in [0, 0.05) is 12.1 Å². The second-order valence-electron chi connectivity index (χ2n) is 5.08. The maximum absolute atomic E-state index is 11.1. The molecule has 0 aliphatic heterocycles. The number of carbonyl (C=O) groups excluding carboxylic acids is 1. The molecule has 5 nitrogen and oxygen atoms in total. The van der Waals surface area contributed by atoms with E-state index in [1.54, 1.807) is 12.1 Å². The Bertz CT molecular complexity index is 533. The van der Waals surface area contributed by atoms with E-state index < -0.39 is 11.9 Å². The van der Waals surface area contributed by atoms with Crippen LogP contribution in [0.4, 0.5) is 5.69 Å². The van der Waals surface area contributed by atoms with E-state index >= 15 is 0 Å². The molecule has 2 rings (SSSR count). The Morgan fingerprint density at radius 2 is 2.15 bits per heavy atom. The minimum absolute atomic E-state index is 0.111. The van der Waals surface area contributed by atoms with Gasteiger partial charge in [-0.25, -0.2) is 0 Å². The summed E-state index contributed by atoms with van der Waals surface area (Å²) >= 11 is 6.07. The lowest BCUT2D eigenvalue weighted by Crippen LogP contribution is -2.24. The molecule has 0 bridgehead atoms. The van der Waals surface area contributed by atoms with Gasteiger partial charge in [0.05, 0.1) is 16.6 Å². The van der Waals surface area contributed by atoms with Gasteiger partial charge in [-0.2, -0.15) is 0 Å². The summed E-state index contributed by atoms with van der Waals surface area (Å²) in [5, 5.41) is 12.7. The molecule has 1 aliphatic rings. The van der Waals surface area contributed by atoms with Crippen LogP contribution < -0.4 is 11.1 Å². The van der Waals surface area contributed by atoms with E-state index in [4.69, 9.17) is 22.4 Å². The Balaban J connectivity index is 2.00. The van der Waals surface area contributed by atoms with Crippen LogP contribution in [0, 0.1) is 11.8 Å². The number of anilines is 1. The van der Waals surface area contributed by atoms with Crippen LogP contribution in [0.15, 0.2) is 18.2 Å². The molecule has 0 saturated heterocycles. The molecule has 0 aromatic heterocycles. The topological polar surface area (TPSA) is 92.4 Å². The average Bonchev–Trinajstić information content (AvgIpc) is 2.85. The number of rotatable bonds is 5. The maximum Gasteiger partial charge on any atom is 0.306 e. The van der Waals surface area contributed by atoms with Crippen molar-refractivity contribution in [2.75, 3.05) is 11.9 Å². The van der Waals surface area contributed by atoms with E-state index in [1.807, 2.05) is 0 Å². The summed E-state index contributed by atoms with van der Waals surface area (Å²) < 4.78 is 0. The van der Waals surface area contributed by atoms with Crippen LogP contribution in [-0.2, 0) is 4.79 Å². The molecule has 1 fully saturated rings. The van der Waals surface area contributed by atoms with Crippen molar-refractivity contribution in [2.45, 2.75) is 19.3 Å². The van der Waals surface area contributed by atoms with Crippen molar-refractivity contribution in [1.29, 1.82) is 0 Å². The van der Waals surface area contributed by atoms with E-state index in [1.165, 1.54) is 6.07 Å². The molecular weight excluding hydrogens is 280 g/mol. The second kappa shape index (κ2) is 6.13. The van der Waals surface area contributed by atoms with Crippen molar-refractivity contribution in [2.24, 2.45) is 17.6 Å². The summed E-state index contributed by atoms with van der Waals surface area (Å²) in [5.41, 5.74) is 6.21. The van der Waals surface area contributed by atoms with Gasteiger partial charge in [0.25, 0.3) is 0 Å². The summed E-state index contributed by atoms with van der Waals surface area (Å²) in [7, 11) is 0. The summed E-state index contributed by atoms with van der Waals surface area (Å²) in [4.78, 5) is 22.1. The predicted octanol–water partition coefficient (Wildman–Crippen LogP) is 2.35. The van der Waals surface area contributed by atoms with Crippen molar-refractivity contribution < 1.29 is 14.7 Å². The molecule has 1 aliphatic carbocycles. The number of carboxylic acids is 1. The molecule has 6 heteroatoms. The van der Waals surface area contributed by atoms with Crippen LogP contribution in [0.3, 0.4) is 0 Å². The van der Waals surface area contributed by atoms with E-state index in [9.17, 15) is 9.59 Å². The minimum Gasteiger partial charge on any atom is -0.481 e. The number of amides is 1. The third-order valence-electron chi connectivity index (χ3n) is 3.78. The first-order chi connectivity index (χ1) is 9.49. The molecule has 1 aromatic carbocycles. The third-order valence-corrected chi connectivity index (χ3v) is 4.10. The minimum atomic E-state index is -0.732. The number of nitrogens with two attached hydrogens (primary N) is 1. The number of hydrogen-bond donors (Lipinski definition) is 3. The molecule has 0 spiro atoms. The van der Waals surface area contributed by atoms with E-state index in [0.717, 1.165) is 19.3 Å². The van der Waals surface area contributed by atoms with Gasteiger partial charge in [-0.05, 0) is 37.0 Å². The van der Waals surface area contributed by atoms with Gasteiger partial charge in [0.1, 0.15) is 0 Å². The standard InChI is InChI=1S/C14H17ClN2O3/c15-11-6-8(13(16)18)4-5-12(11)17-7-9-2-1-3-10(9)14(19)20/h4-6,9-10,17H,1-3,7H2,(H2,16,18)(H,19,20). The van der Waals surface area contributed by atoms with Gasteiger partial charge in [0.2, 0.25) is 5.91 Å². The van der Waals surface area contributed by atoms with Crippen molar-refractivity contribution in [3.63, 3.8) is 0 Å². The first-order valence-corrected chi connectivity index (χ1v) is 6.93. The normalized spacial score (nSPS) is 21.6. The quantitative estimate of drug-likeness (QED) is 0.777. The summed E-state index contributed by atoms with van der Waals surface area (Å²) in [6.45, 7) is 0.562. The van der Waals surface area contributed by atoms with Gasteiger partial charge in [-0.3, -0.25) is 9.59 Å². The fraction of sp³-hybridized carbons (Fsp3) is 0.429. The lowest BCUT2D eigenvalue weighted by atomic mass is 9.96. The number of carbonyl (C=O) groups is 2. The van der Waals surface area contributed by atoms with E-state index in [2.05, 4.69) is 5.32 Å². The van der Waals surface area contributed by atoms with Crippen LogP contribution >= 0.6 is 11.6 Å². The molecule has 1 saturated carbocycles. The van der Waals surface area contributed by atoms with Gasteiger partial charge in [-0.1, -0.05) is 18.0 Å². The Morgan fingerprint density at radius 1 is 1.40 bits per heavy atom. The van der Waals surface area contributed by atoms with Gasteiger partial charge >= 0.3 is 5.97 Å². The Kier molecular flexibility index (Phi) is 4.49. The number of benzene rings is 1. The first kappa shape index (κ1) is 14.7. The van der Waals surface area contributed by atoms with Gasteiger partial charge in [0.15, 0.2) is 0 Å². The summed E-state index contributed by atoms with van der Waals surface area (Å²) in [5.74, 6) is -1.43. The SMILES string of the molecule is NC(=O)c1ccc(NCC2CCCC2C(=O)O)c(Cl)c1. The van der Waals surface area contributed by atoms with E-state index in [-0.39, 0.29) is 11.8 Å². The molecule has 108 valence electrons. The number of aliphatic carboxylic acids is 1. The predicted molar refractivity (Wildman–Crippen MR) is 76.9 cm³/mol. The highest BCUT2D eigenvalue weighted by Crippen LogP contribution is 2.33. The van der Waals surface area contributed by atoms with Crippen LogP contribution in [0.1, 0.15) is 29.6 Å². The number of hydrogen-bond acceptors (Lipinski definition) is 3. The van der Waals surface area contributed by atoms with Crippen molar-refractivity contribution in [3.05, 3.63) is 28.8 Å². The lowest BCUT2D eigenvalue weighted by Gasteiger charge is -2.17. The molecule has 2 unspecified atom stereocenters. The van der Waals surface area contributed by atoms with Crippen LogP contribution in [0.25, 0.3) is 0 Å². The number of primary amides is 1. The monoisotopic (exact) mass is 296 g/mol. The first-order valence-electron chi connectivity index (χ1n) is 6.55.